The lowest BCUT2D eigenvalue weighted by molar-refractivity contribution is 0.471. The molecule has 6 heteroatoms. The molecule has 0 aromatic carbocycles. The molecule has 0 saturated carbocycles. The number of hydrogen-bond donors (Lipinski definition) is 0. The van der Waals surface area contributed by atoms with Crippen LogP contribution in [-0.4, -0.2) is 14.8 Å². The summed E-state index contributed by atoms with van der Waals surface area (Å²) in [5, 5.41) is 3.81. The van der Waals surface area contributed by atoms with Gasteiger partial charge in [0.2, 0.25) is 0 Å². The van der Waals surface area contributed by atoms with Gasteiger partial charge in [-0.15, -0.1) is 0 Å². The summed E-state index contributed by atoms with van der Waals surface area (Å²) in [7, 11) is 1.52. The Bertz CT molecular complexity index is 554. The third kappa shape index (κ3) is 2.04. The van der Waals surface area contributed by atoms with Gasteiger partial charge in [0.15, 0.2) is 10.8 Å². The van der Waals surface area contributed by atoms with Gasteiger partial charge in [0, 0.05) is 13.2 Å². The summed E-state index contributed by atoms with van der Waals surface area (Å²) in [6, 6.07) is 3.43. The molecule has 0 aliphatic heterocycles. The minimum Gasteiger partial charge on any atom is -0.452 e. The van der Waals surface area contributed by atoms with Gasteiger partial charge in [-0.25, -0.2) is 4.68 Å². The lowest BCUT2D eigenvalue weighted by Gasteiger charge is -2.06. The van der Waals surface area contributed by atoms with Crippen molar-refractivity contribution in [3.63, 3.8) is 0 Å². The maximum Gasteiger partial charge on any atom is 0.289 e. The number of pyridine rings is 1. The lowest BCUT2D eigenvalue weighted by atomic mass is 10.4. The van der Waals surface area contributed by atoms with Crippen molar-refractivity contribution in [2.75, 3.05) is 0 Å². The summed E-state index contributed by atoms with van der Waals surface area (Å²) >= 11 is 5.83. The first-order valence-corrected chi connectivity index (χ1v) is 4.86. The molecular formula is C10H8ClN3O2. The molecular weight excluding hydrogens is 230 g/mol. The van der Waals surface area contributed by atoms with Crippen molar-refractivity contribution in [1.29, 1.82) is 0 Å². The van der Waals surface area contributed by atoms with Gasteiger partial charge in [-0.05, 0) is 12.1 Å². The highest BCUT2D eigenvalue weighted by atomic mass is 35.5. The summed E-state index contributed by atoms with van der Waals surface area (Å²) in [4.78, 5) is 15.3. The van der Waals surface area contributed by atoms with Crippen molar-refractivity contribution >= 4 is 11.6 Å². The van der Waals surface area contributed by atoms with Gasteiger partial charge < -0.3 is 4.74 Å². The number of hydrogen-bond acceptors (Lipinski definition) is 4. The minimum absolute atomic E-state index is 0.00125. The topological polar surface area (TPSA) is 57.0 Å². The Morgan fingerprint density at radius 1 is 1.44 bits per heavy atom. The summed E-state index contributed by atoms with van der Waals surface area (Å²) in [5.74, 6) is 0.720. The Hall–Kier alpha value is -1.88. The van der Waals surface area contributed by atoms with Crippen LogP contribution in [0.15, 0.2) is 35.5 Å². The summed E-state index contributed by atoms with van der Waals surface area (Å²) in [6.07, 6.45) is 4.53. The van der Waals surface area contributed by atoms with Gasteiger partial charge in [0.25, 0.3) is 5.56 Å². The SMILES string of the molecule is Cn1ncc(Oc2cccnc2)c(Cl)c1=O. The van der Waals surface area contributed by atoms with Crippen LogP contribution < -0.4 is 10.3 Å². The molecule has 82 valence electrons. The molecule has 2 aromatic heterocycles. The van der Waals surface area contributed by atoms with E-state index in [0.29, 0.717) is 5.75 Å². The van der Waals surface area contributed by atoms with Gasteiger partial charge in [0.05, 0.1) is 12.4 Å². The van der Waals surface area contributed by atoms with Crippen LogP contribution in [0.25, 0.3) is 0 Å². The number of nitrogens with zero attached hydrogens (tertiary/aromatic N) is 3. The molecule has 0 aliphatic carbocycles. The minimum atomic E-state index is -0.400. The van der Waals surface area contributed by atoms with E-state index in [-0.39, 0.29) is 10.8 Å². The zero-order valence-electron chi connectivity index (χ0n) is 8.42. The molecule has 0 N–H and O–H groups in total. The fraction of sp³-hybridized carbons (Fsp3) is 0.100. The number of aryl methyl sites for hydroxylation is 1. The van der Waals surface area contributed by atoms with E-state index in [9.17, 15) is 4.79 Å². The molecule has 0 spiro atoms. The average molecular weight is 238 g/mol. The molecule has 2 rings (SSSR count). The maximum atomic E-state index is 11.5. The largest absolute Gasteiger partial charge is 0.452 e. The third-order valence-corrected chi connectivity index (χ3v) is 2.26. The Kier molecular flexibility index (Phi) is 2.87. The summed E-state index contributed by atoms with van der Waals surface area (Å²) < 4.78 is 6.51. The van der Waals surface area contributed by atoms with Crippen molar-refractivity contribution < 1.29 is 4.74 Å². The third-order valence-electron chi connectivity index (χ3n) is 1.91. The van der Waals surface area contributed by atoms with Crippen molar-refractivity contribution in [3.8, 4) is 11.5 Å². The fourth-order valence-corrected chi connectivity index (χ4v) is 1.31. The maximum absolute atomic E-state index is 11.5. The van der Waals surface area contributed by atoms with E-state index in [0.717, 1.165) is 4.68 Å². The molecule has 0 unspecified atom stereocenters. The van der Waals surface area contributed by atoms with Crippen LogP contribution >= 0.6 is 11.6 Å². The Morgan fingerprint density at radius 2 is 2.25 bits per heavy atom. The first-order chi connectivity index (χ1) is 7.68. The molecule has 2 heterocycles. The number of ether oxygens (including phenoxy) is 1. The average Bonchev–Trinajstić information content (AvgIpc) is 2.31. The van der Waals surface area contributed by atoms with Gasteiger partial charge in [-0.1, -0.05) is 11.6 Å². The Labute approximate surface area is 96.3 Å². The Balaban J connectivity index is 2.37. The van der Waals surface area contributed by atoms with Crippen LogP contribution in [0.3, 0.4) is 0 Å². The van der Waals surface area contributed by atoms with E-state index in [1.54, 1.807) is 18.3 Å². The van der Waals surface area contributed by atoms with Crippen LogP contribution in [0.5, 0.6) is 11.5 Å². The second kappa shape index (κ2) is 4.32. The van der Waals surface area contributed by atoms with E-state index < -0.39 is 5.56 Å². The normalized spacial score (nSPS) is 10.1. The molecule has 0 saturated heterocycles. The van der Waals surface area contributed by atoms with E-state index >= 15 is 0 Å². The van der Waals surface area contributed by atoms with Crippen molar-refractivity contribution in [2.24, 2.45) is 7.05 Å². The van der Waals surface area contributed by atoms with Crippen molar-refractivity contribution in [2.45, 2.75) is 0 Å². The molecule has 2 aromatic rings. The van der Waals surface area contributed by atoms with Crippen molar-refractivity contribution in [1.82, 2.24) is 14.8 Å². The summed E-state index contributed by atoms with van der Waals surface area (Å²) in [6.45, 7) is 0. The smallest absolute Gasteiger partial charge is 0.289 e. The van der Waals surface area contributed by atoms with Gasteiger partial charge in [0.1, 0.15) is 5.75 Å². The monoisotopic (exact) mass is 237 g/mol. The highest BCUT2D eigenvalue weighted by molar-refractivity contribution is 6.31. The molecule has 0 fully saturated rings. The molecule has 5 nitrogen and oxygen atoms in total. The molecule has 0 amide bonds. The van der Waals surface area contributed by atoms with Gasteiger partial charge >= 0.3 is 0 Å². The van der Waals surface area contributed by atoms with E-state index in [1.807, 2.05) is 0 Å². The first kappa shape index (κ1) is 10.6. The quantitative estimate of drug-likeness (QED) is 0.797. The molecule has 0 aliphatic rings. The van der Waals surface area contributed by atoms with Gasteiger partial charge in [-0.2, -0.15) is 5.10 Å². The summed E-state index contributed by atoms with van der Waals surface area (Å²) in [5.41, 5.74) is -0.400. The van der Waals surface area contributed by atoms with Crippen molar-refractivity contribution in [3.05, 3.63) is 46.1 Å². The molecule has 0 bridgehead atoms. The zero-order chi connectivity index (χ0) is 11.5. The van der Waals surface area contributed by atoms with Crippen LogP contribution in [0, 0.1) is 0 Å². The van der Waals surface area contributed by atoms with Crippen LogP contribution in [0.1, 0.15) is 0 Å². The van der Waals surface area contributed by atoms with Crippen LogP contribution in [0.2, 0.25) is 5.02 Å². The van der Waals surface area contributed by atoms with Gasteiger partial charge in [-0.3, -0.25) is 9.78 Å². The predicted octanol–water partition coefficient (Wildman–Crippen LogP) is 1.62. The number of aromatic nitrogens is 3. The molecule has 16 heavy (non-hydrogen) atoms. The highest BCUT2D eigenvalue weighted by Crippen LogP contribution is 2.24. The fourth-order valence-electron chi connectivity index (χ4n) is 1.10. The lowest BCUT2D eigenvalue weighted by Crippen LogP contribution is -2.19. The first-order valence-electron chi connectivity index (χ1n) is 4.48. The standard InChI is InChI=1S/C10H8ClN3O2/c1-14-10(15)9(11)8(6-13-14)16-7-3-2-4-12-5-7/h2-6H,1H3. The number of rotatable bonds is 2. The number of halogens is 1. The Morgan fingerprint density at radius 3 is 2.94 bits per heavy atom. The van der Waals surface area contributed by atoms with E-state index in [4.69, 9.17) is 16.3 Å². The highest BCUT2D eigenvalue weighted by Gasteiger charge is 2.09. The second-order valence-corrected chi connectivity index (χ2v) is 3.42. The zero-order valence-corrected chi connectivity index (χ0v) is 9.18. The predicted molar refractivity (Wildman–Crippen MR) is 58.8 cm³/mol. The molecule has 0 atom stereocenters. The van der Waals surface area contributed by atoms with E-state index in [1.165, 1.54) is 19.4 Å². The van der Waals surface area contributed by atoms with Crippen LogP contribution in [0.4, 0.5) is 0 Å². The van der Waals surface area contributed by atoms with Crippen LogP contribution in [-0.2, 0) is 7.05 Å². The second-order valence-electron chi connectivity index (χ2n) is 3.04. The molecule has 0 radical (unpaired) electrons. The van der Waals surface area contributed by atoms with E-state index in [2.05, 4.69) is 10.1 Å².